The van der Waals surface area contributed by atoms with Crippen molar-refractivity contribution in [3.8, 4) is 0 Å². The lowest BCUT2D eigenvalue weighted by Gasteiger charge is -2.29. The Morgan fingerprint density at radius 3 is 2.62 bits per heavy atom. The van der Waals surface area contributed by atoms with E-state index in [1.165, 1.54) is 0 Å². The highest BCUT2D eigenvalue weighted by Crippen LogP contribution is 2.08. The second kappa shape index (κ2) is 6.86. The summed E-state index contributed by atoms with van der Waals surface area (Å²) < 4.78 is 5.35. The summed E-state index contributed by atoms with van der Waals surface area (Å²) in [5.41, 5.74) is 0. The Hall–Kier alpha value is -0.610. The van der Waals surface area contributed by atoms with Gasteiger partial charge in [0.05, 0.1) is 12.7 Å². The van der Waals surface area contributed by atoms with E-state index in [0.717, 1.165) is 25.9 Å². The van der Waals surface area contributed by atoms with Crippen molar-refractivity contribution in [1.29, 1.82) is 0 Å². The lowest BCUT2D eigenvalue weighted by Crippen LogP contribution is -2.43. The third-order valence-corrected chi connectivity index (χ3v) is 2.86. The highest BCUT2D eigenvalue weighted by Gasteiger charge is 2.17. The van der Waals surface area contributed by atoms with Crippen LogP contribution < -0.4 is 5.32 Å². The van der Waals surface area contributed by atoms with Gasteiger partial charge in [0.25, 0.3) is 0 Å². The molecule has 1 rings (SSSR count). The molecule has 16 heavy (non-hydrogen) atoms. The van der Waals surface area contributed by atoms with Crippen LogP contribution >= 0.6 is 0 Å². The molecule has 1 amide bonds. The minimum absolute atomic E-state index is 0.121. The molecule has 1 fully saturated rings. The van der Waals surface area contributed by atoms with Crippen LogP contribution in [0.25, 0.3) is 0 Å². The number of hydrogen-bond donors (Lipinski definition) is 1. The van der Waals surface area contributed by atoms with Gasteiger partial charge in [-0.3, -0.25) is 4.79 Å². The quantitative estimate of drug-likeness (QED) is 0.763. The first kappa shape index (κ1) is 13.5. The van der Waals surface area contributed by atoms with Crippen LogP contribution in [0.2, 0.25) is 0 Å². The number of amides is 1. The summed E-state index contributed by atoms with van der Waals surface area (Å²) >= 11 is 0. The number of nitrogens with one attached hydrogen (secondary N) is 1. The number of likely N-dealkylation sites (tertiary alicyclic amines) is 1. The zero-order chi connectivity index (χ0) is 12.0. The number of hydrogen-bond acceptors (Lipinski definition) is 3. The van der Waals surface area contributed by atoms with Gasteiger partial charge in [-0.05, 0) is 46.8 Å². The van der Waals surface area contributed by atoms with Gasteiger partial charge in [0, 0.05) is 12.5 Å². The molecule has 0 radical (unpaired) electrons. The fourth-order valence-corrected chi connectivity index (χ4v) is 1.84. The standard InChI is InChI=1S/C12H24N2O2/c1-10(2)16-9-6-12(15)13-11-4-7-14(3)8-5-11/h10-11H,4-9H2,1-3H3,(H,13,15). The monoisotopic (exact) mass is 228 g/mol. The number of piperidine rings is 1. The second-order valence-corrected chi connectivity index (χ2v) is 4.81. The van der Waals surface area contributed by atoms with Gasteiger partial charge in [0.15, 0.2) is 0 Å². The summed E-state index contributed by atoms with van der Waals surface area (Å²) in [5.74, 6) is 0.121. The van der Waals surface area contributed by atoms with Crippen LogP contribution in [-0.2, 0) is 9.53 Å². The van der Waals surface area contributed by atoms with Crippen molar-refractivity contribution in [3.05, 3.63) is 0 Å². The van der Waals surface area contributed by atoms with Gasteiger partial charge < -0.3 is 15.0 Å². The molecule has 1 aliphatic heterocycles. The largest absolute Gasteiger partial charge is 0.378 e. The fraction of sp³-hybridized carbons (Fsp3) is 0.917. The van der Waals surface area contributed by atoms with Crippen molar-refractivity contribution in [3.63, 3.8) is 0 Å². The molecule has 0 atom stereocenters. The Labute approximate surface area is 98.3 Å². The van der Waals surface area contributed by atoms with Crippen LogP contribution in [0.15, 0.2) is 0 Å². The maximum absolute atomic E-state index is 11.6. The molecule has 0 spiro atoms. The molecule has 0 aromatic heterocycles. The zero-order valence-electron chi connectivity index (χ0n) is 10.7. The summed E-state index contributed by atoms with van der Waals surface area (Å²) in [7, 11) is 2.12. The molecule has 0 bridgehead atoms. The minimum atomic E-state index is 0.121. The summed E-state index contributed by atoms with van der Waals surface area (Å²) in [6, 6.07) is 0.364. The van der Waals surface area contributed by atoms with E-state index in [2.05, 4.69) is 17.3 Å². The number of carbonyl (C=O) groups excluding carboxylic acids is 1. The van der Waals surface area contributed by atoms with Crippen molar-refractivity contribution >= 4 is 5.91 Å². The smallest absolute Gasteiger partial charge is 0.222 e. The Morgan fingerprint density at radius 1 is 1.44 bits per heavy atom. The predicted molar refractivity (Wildman–Crippen MR) is 64.4 cm³/mol. The first-order valence-corrected chi connectivity index (χ1v) is 6.17. The van der Waals surface area contributed by atoms with Gasteiger partial charge in [-0.2, -0.15) is 0 Å². The normalized spacial score (nSPS) is 19.0. The van der Waals surface area contributed by atoms with Crippen LogP contribution in [0, 0.1) is 0 Å². The van der Waals surface area contributed by atoms with Gasteiger partial charge in [0.2, 0.25) is 5.91 Å². The summed E-state index contributed by atoms with van der Waals surface area (Å²) in [6.45, 7) is 6.64. The van der Waals surface area contributed by atoms with E-state index in [9.17, 15) is 4.79 Å². The van der Waals surface area contributed by atoms with Gasteiger partial charge >= 0.3 is 0 Å². The summed E-state index contributed by atoms with van der Waals surface area (Å²) in [4.78, 5) is 13.9. The maximum Gasteiger partial charge on any atom is 0.222 e. The molecule has 0 aromatic rings. The van der Waals surface area contributed by atoms with Gasteiger partial charge in [0.1, 0.15) is 0 Å². The number of rotatable bonds is 5. The Morgan fingerprint density at radius 2 is 2.06 bits per heavy atom. The zero-order valence-corrected chi connectivity index (χ0v) is 10.7. The van der Waals surface area contributed by atoms with Crippen LogP contribution in [0.4, 0.5) is 0 Å². The van der Waals surface area contributed by atoms with Gasteiger partial charge in [-0.1, -0.05) is 0 Å². The molecule has 1 N–H and O–H groups in total. The molecular formula is C12H24N2O2. The SMILES string of the molecule is CC(C)OCCC(=O)NC1CCN(C)CC1. The topological polar surface area (TPSA) is 41.6 Å². The van der Waals surface area contributed by atoms with Crippen LogP contribution in [0.5, 0.6) is 0 Å². The maximum atomic E-state index is 11.6. The number of nitrogens with zero attached hydrogens (tertiary/aromatic N) is 1. The molecule has 1 aliphatic rings. The van der Waals surface area contributed by atoms with Crippen molar-refractivity contribution in [1.82, 2.24) is 10.2 Å². The lowest BCUT2D eigenvalue weighted by atomic mass is 10.1. The van der Waals surface area contributed by atoms with E-state index in [1.54, 1.807) is 0 Å². The van der Waals surface area contributed by atoms with Crippen LogP contribution in [0.3, 0.4) is 0 Å². The Balaban J connectivity index is 2.09. The van der Waals surface area contributed by atoms with Gasteiger partial charge in [-0.15, -0.1) is 0 Å². The van der Waals surface area contributed by atoms with Crippen LogP contribution in [-0.4, -0.2) is 49.7 Å². The first-order chi connectivity index (χ1) is 7.58. The Bertz CT molecular complexity index is 211. The van der Waals surface area contributed by atoms with Crippen molar-refractivity contribution in [2.45, 2.75) is 45.3 Å². The van der Waals surface area contributed by atoms with Crippen molar-refractivity contribution in [2.75, 3.05) is 26.7 Å². The van der Waals surface area contributed by atoms with E-state index in [4.69, 9.17) is 4.74 Å². The highest BCUT2D eigenvalue weighted by atomic mass is 16.5. The molecular weight excluding hydrogens is 204 g/mol. The lowest BCUT2D eigenvalue weighted by molar-refractivity contribution is -0.123. The molecule has 0 aliphatic carbocycles. The third-order valence-electron chi connectivity index (χ3n) is 2.86. The predicted octanol–water partition coefficient (Wildman–Crippen LogP) is 1.01. The average Bonchev–Trinajstić information content (AvgIpc) is 2.21. The molecule has 1 saturated heterocycles. The fourth-order valence-electron chi connectivity index (χ4n) is 1.84. The first-order valence-electron chi connectivity index (χ1n) is 6.17. The molecule has 0 unspecified atom stereocenters. The number of carbonyl (C=O) groups is 1. The van der Waals surface area contributed by atoms with E-state index in [-0.39, 0.29) is 12.0 Å². The van der Waals surface area contributed by atoms with Crippen LogP contribution in [0.1, 0.15) is 33.1 Å². The minimum Gasteiger partial charge on any atom is -0.378 e. The molecule has 4 heteroatoms. The van der Waals surface area contributed by atoms with Gasteiger partial charge in [-0.25, -0.2) is 0 Å². The molecule has 4 nitrogen and oxygen atoms in total. The number of ether oxygens (including phenoxy) is 1. The molecule has 1 heterocycles. The third kappa shape index (κ3) is 5.47. The Kier molecular flexibility index (Phi) is 5.77. The highest BCUT2D eigenvalue weighted by molar-refractivity contribution is 5.76. The van der Waals surface area contributed by atoms with E-state index >= 15 is 0 Å². The molecule has 0 aromatic carbocycles. The van der Waals surface area contributed by atoms with E-state index in [1.807, 2.05) is 13.8 Å². The average molecular weight is 228 g/mol. The van der Waals surface area contributed by atoms with E-state index < -0.39 is 0 Å². The summed E-state index contributed by atoms with van der Waals surface area (Å²) in [6.07, 6.45) is 2.81. The van der Waals surface area contributed by atoms with Crippen molar-refractivity contribution < 1.29 is 9.53 Å². The summed E-state index contributed by atoms with van der Waals surface area (Å²) in [5, 5.41) is 3.07. The molecule has 0 saturated carbocycles. The van der Waals surface area contributed by atoms with E-state index in [0.29, 0.717) is 19.1 Å². The van der Waals surface area contributed by atoms with Crippen molar-refractivity contribution in [2.24, 2.45) is 0 Å². The molecule has 94 valence electrons. The second-order valence-electron chi connectivity index (χ2n) is 4.81.